The molecule has 2 aliphatic rings. The van der Waals surface area contributed by atoms with Gasteiger partial charge in [0.25, 0.3) is 5.91 Å². The summed E-state index contributed by atoms with van der Waals surface area (Å²) < 4.78 is 5.64. The molecule has 6 nitrogen and oxygen atoms in total. The molecule has 1 aliphatic carbocycles. The number of hydrogen-bond donors (Lipinski definition) is 1. The second-order valence-electron chi connectivity index (χ2n) is 7.50. The van der Waals surface area contributed by atoms with Gasteiger partial charge < -0.3 is 15.4 Å². The highest BCUT2D eigenvalue weighted by molar-refractivity contribution is 7.17. The van der Waals surface area contributed by atoms with Gasteiger partial charge in [0.1, 0.15) is 16.5 Å². The van der Waals surface area contributed by atoms with Gasteiger partial charge in [0.05, 0.1) is 6.20 Å². The van der Waals surface area contributed by atoms with E-state index >= 15 is 0 Å². The zero-order valence-corrected chi connectivity index (χ0v) is 14.6. The Bertz CT molecular complexity index is 629. The van der Waals surface area contributed by atoms with Crippen molar-refractivity contribution in [2.75, 3.05) is 11.4 Å². The number of nitrogens with zero attached hydrogens (tertiary/aromatic N) is 2. The molecule has 1 unspecified atom stereocenters. The predicted octanol–water partition coefficient (Wildman–Crippen LogP) is 2.33. The van der Waals surface area contributed by atoms with Crippen LogP contribution >= 0.6 is 11.3 Å². The lowest BCUT2D eigenvalue weighted by Gasteiger charge is -2.54. The lowest BCUT2D eigenvalue weighted by Crippen LogP contribution is -2.68. The Labute approximate surface area is 140 Å². The van der Waals surface area contributed by atoms with E-state index in [1.807, 2.05) is 25.7 Å². The number of carbonyl (C=O) groups excluding carboxylic acids is 2. The van der Waals surface area contributed by atoms with Crippen LogP contribution in [0.1, 0.15) is 56.1 Å². The Morgan fingerprint density at radius 3 is 2.57 bits per heavy atom. The van der Waals surface area contributed by atoms with Crippen LogP contribution in [-0.2, 0) is 9.53 Å². The van der Waals surface area contributed by atoms with Crippen molar-refractivity contribution in [1.82, 2.24) is 4.98 Å². The molecule has 1 aliphatic heterocycles. The fraction of sp³-hybridized carbons (Fsp3) is 0.688. The third kappa shape index (κ3) is 2.94. The van der Waals surface area contributed by atoms with Gasteiger partial charge in [-0.1, -0.05) is 24.2 Å². The third-order valence-electron chi connectivity index (χ3n) is 4.59. The van der Waals surface area contributed by atoms with Crippen molar-refractivity contribution in [3.63, 3.8) is 0 Å². The Morgan fingerprint density at radius 2 is 2.04 bits per heavy atom. The lowest BCUT2D eigenvalue weighted by molar-refractivity contribution is -0.163. The SMILES string of the molecule is CC(C)(C)OC(=O)C1N(c2ncc(C(N)=O)s2)CC12CCCC2. The Kier molecular flexibility index (Phi) is 3.86. The summed E-state index contributed by atoms with van der Waals surface area (Å²) in [6.45, 7) is 6.43. The minimum absolute atomic E-state index is 0.000883. The molecule has 1 spiro atoms. The number of esters is 1. The fourth-order valence-corrected chi connectivity index (χ4v) is 4.47. The van der Waals surface area contributed by atoms with Crippen molar-refractivity contribution in [3.8, 4) is 0 Å². The number of rotatable bonds is 3. The number of aromatic nitrogens is 1. The average Bonchev–Trinajstić information content (AvgIpc) is 3.04. The van der Waals surface area contributed by atoms with E-state index in [0.29, 0.717) is 10.0 Å². The maximum atomic E-state index is 12.7. The van der Waals surface area contributed by atoms with Gasteiger partial charge in [-0.3, -0.25) is 4.79 Å². The molecular formula is C16H23N3O3S. The highest BCUT2D eigenvalue weighted by atomic mass is 32.1. The van der Waals surface area contributed by atoms with Crippen LogP contribution in [0.2, 0.25) is 0 Å². The molecule has 126 valence electrons. The van der Waals surface area contributed by atoms with E-state index in [-0.39, 0.29) is 17.4 Å². The largest absolute Gasteiger partial charge is 0.458 e. The summed E-state index contributed by atoms with van der Waals surface area (Å²) in [7, 11) is 0. The van der Waals surface area contributed by atoms with E-state index in [1.54, 1.807) is 0 Å². The van der Waals surface area contributed by atoms with Gasteiger partial charge in [0.2, 0.25) is 0 Å². The van der Waals surface area contributed by atoms with E-state index < -0.39 is 11.5 Å². The Hall–Kier alpha value is -1.63. The number of anilines is 1. The van der Waals surface area contributed by atoms with Crippen LogP contribution in [0, 0.1) is 5.41 Å². The number of thiazole rings is 1. The minimum atomic E-state index is -0.514. The van der Waals surface area contributed by atoms with Crippen LogP contribution in [-0.4, -0.2) is 35.0 Å². The molecule has 0 radical (unpaired) electrons. The standard InChI is InChI=1S/C16H23N3O3S/c1-15(2,3)22-13(21)11-16(6-4-5-7-16)9-19(11)14-18-8-10(23-14)12(17)20/h8,11H,4-7,9H2,1-3H3,(H2,17,20). The van der Waals surface area contributed by atoms with E-state index in [4.69, 9.17) is 10.5 Å². The highest BCUT2D eigenvalue weighted by Crippen LogP contribution is 2.53. The summed E-state index contributed by atoms with van der Waals surface area (Å²) in [5, 5.41) is 0.673. The molecule has 2 fully saturated rings. The van der Waals surface area contributed by atoms with Gasteiger partial charge in [0.15, 0.2) is 5.13 Å². The molecule has 0 bridgehead atoms. The number of ether oxygens (including phenoxy) is 1. The summed E-state index contributed by atoms with van der Waals surface area (Å²) in [5.41, 5.74) is 4.79. The number of hydrogen-bond acceptors (Lipinski definition) is 6. The molecule has 2 N–H and O–H groups in total. The van der Waals surface area contributed by atoms with Crippen molar-refractivity contribution in [3.05, 3.63) is 11.1 Å². The van der Waals surface area contributed by atoms with Gasteiger partial charge in [-0.05, 0) is 33.6 Å². The topological polar surface area (TPSA) is 85.5 Å². The van der Waals surface area contributed by atoms with Crippen molar-refractivity contribution >= 4 is 28.3 Å². The van der Waals surface area contributed by atoms with Gasteiger partial charge >= 0.3 is 5.97 Å². The lowest BCUT2D eigenvalue weighted by atomic mass is 9.70. The third-order valence-corrected chi connectivity index (χ3v) is 5.64. The van der Waals surface area contributed by atoms with Crippen LogP contribution in [0.4, 0.5) is 5.13 Å². The van der Waals surface area contributed by atoms with Crippen molar-refractivity contribution in [2.24, 2.45) is 11.1 Å². The molecule has 3 rings (SSSR count). The summed E-state index contributed by atoms with van der Waals surface area (Å²) in [4.78, 5) is 30.7. The molecule has 1 aromatic heterocycles. The Morgan fingerprint density at radius 1 is 1.39 bits per heavy atom. The van der Waals surface area contributed by atoms with Gasteiger partial charge in [-0.15, -0.1) is 0 Å². The first kappa shape index (κ1) is 16.2. The first-order valence-corrected chi connectivity index (χ1v) is 8.79. The molecule has 7 heteroatoms. The molecule has 1 aromatic rings. The Balaban J connectivity index is 1.85. The quantitative estimate of drug-likeness (QED) is 0.856. The summed E-state index contributed by atoms with van der Waals surface area (Å²) >= 11 is 1.24. The molecule has 1 saturated carbocycles. The summed E-state index contributed by atoms with van der Waals surface area (Å²) in [6.07, 6.45) is 5.87. The van der Waals surface area contributed by atoms with E-state index in [1.165, 1.54) is 17.5 Å². The highest BCUT2D eigenvalue weighted by Gasteiger charge is 2.59. The first-order chi connectivity index (χ1) is 10.7. The smallest absolute Gasteiger partial charge is 0.330 e. The van der Waals surface area contributed by atoms with Crippen LogP contribution < -0.4 is 10.6 Å². The normalized spacial score (nSPS) is 22.9. The van der Waals surface area contributed by atoms with Crippen molar-refractivity contribution in [1.29, 1.82) is 0 Å². The zero-order valence-electron chi connectivity index (χ0n) is 13.8. The molecule has 23 heavy (non-hydrogen) atoms. The predicted molar refractivity (Wildman–Crippen MR) is 88.5 cm³/mol. The molecular weight excluding hydrogens is 314 g/mol. The maximum absolute atomic E-state index is 12.7. The molecule has 0 aromatic carbocycles. The van der Waals surface area contributed by atoms with Gasteiger partial charge in [0, 0.05) is 12.0 Å². The van der Waals surface area contributed by atoms with Crippen LogP contribution in [0.15, 0.2) is 6.20 Å². The summed E-state index contributed by atoms with van der Waals surface area (Å²) in [6, 6.07) is -0.309. The van der Waals surface area contributed by atoms with Crippen molar-refractivity contribution in [2.45, 2.75) is 58.1 Å². The monoisotopic (exact) mass is 337 g/mol. The number of carbonyl (C=O) groups is 2. The molecule has 2 heterocycles. The van der Waals surface area contributed by atoms with Crippen LogP contribution in [0.25, 0.3) is 0 Å². The second-order valence-corrected chi connectivity index (χ2v) is 8.51. The minimum Gasteiger partial charge on any atom is -0.458 e. The average molecular weight is 337 g/mol. The van der Waals surface area contributed by atoms with Crippen LogP contribution in [0.3, 0.4) is 0 Å². The van der Waals surface area contributed by atoms with E-state index in [9.17, 15) is 9.59 Å². The molecule has 1 amide bonds. The number of primary amides is 1. The fourth-order valence-electron chi connectivity index (χ4n) is 3.67. The van der Waals surface area contributed by atoms with E-state index in [0.717, 1.165) is 32.2 Å². The molecule has 1 saturated heterocycles. The summed E-state index contributed by atoms with van der Waals surface area (Å²) in [5.74, 6) is -0.680. The maximum Gasteiger partial charge on any atom is 0.330 e. The number of amides is 1. The van der Waals surface area contributed by atoms with Crippen LogP contribution in [0.5, 0.6) is 0 Å². The number of nitrogens with two attached hydrogens (primary N) is 1. The van der Waals surface area contributed by atoms with Crippen molar-refractivity contribution < 1.29 is 14.3 Å². The van der Waals surface area contributed by atoms with Gasteiger partial charge in [-0.25, -0.2) is 9.78 Å². The van der Waals surface area contributed by atoms with E-state index in [2.05, 4.69) is 4.98 Å². The van der Waals surface area contributed by atoms with Gasteiger partial charge in [-0.2, -0.15) is 0 Å². The second kappa shape index (κ2) is 5.47. The molecule has 1 atom stereocenters. The zero-order chi connectivity index (χ0) is 16.8. The first-order valence-electron chi connectivity index (χ1n) is 7.97.